The molecule has 0 spiro atoms. The first-order valence-corrected chi connectivity index (χ1v) is 4.79. The van der Waals surface area contributed by atoms with Crippen molar-refractivity contribution >= 4 is 17.4 Å². The molecule has 0 fully saturated rings. The minimum atomic E-state index is -0.555. The number of aromatic nitrogens is 2. The van der Waals surface area contributed by atoms with Gasteiger partial charge in [-0.1, -0.05) is 0 Å². The van der Waals surface area contributed by atoms with Crippen molar-refractivity contribution in [2.45, 2.75) is 0 Å². The maximum Gasteiger partial charge on any atom is 0.256 e. The van der Waals surface area contributed by atoms with Crippen LogP contribution in [0.5, 0.6) is 0 Å². The van der Waals surface area contributed by atoms with Gasteiger partial charge in [0.1, 0.15) is 5.82 Å². The van der Waals surface area contributed by atoms with Crippen LogP contribution in [0.4, 0.5) is 15.9 Å². The van der Waals surface area contributed by atoms with Crippen LogP contribution in [-0.2, 0) is 0 Å². The van der Waals surface area contributed by atoms with E-state index in [9.17, 15) is 9.18 Å². The molecule has 0 atom stereocenters. The number of nitrogens with one attached hydrogen (secondary N) is 1. The first-order chi connectivity index (χ1) is 8.16. The Bertz CT molecular complexity index is 544. The molecule has 17 heavy (non-hydrogen) atoms. The third-order valence-corrected chi connectivity index (χ3v) is 2.06. The molecule has 0 aliphatic carbocycles. The Morgan fingerprint density at radius 3 is 2.82 bits per heavy atom. The molecular weight excluding hydrogens is 223 g/mol. The van der Waals surface area contributed by atoms with Crippen molar-refractivity contribution < 1.29 is 9.18 Å². The summed E-state index contributed by atoms with van der Waals surface area (Å²) in [5, 5.41) is 2.51. The van der Waals surface area contributed by atoms with Crippen molar-refractivity contribution in [2.75, 3.05) is 11.1 Å². The van der Waals surface area contributed by atoms with Gasteiger partial charge in [-0.3, -0.25) is 9.78 Å². The quantitative estimate of drug-likeness (QED) is 0.768. The summed E-state index contributed by atoms with van der Waals surface area (Å²) < 4.78 is 12.9. The van der Waals surface area contributed by atoms with Gasteiger partial charge in [0, 0.05) is 18.0 Å². The summed E-state index contributed by atoms with van der Waals surface area (Å²) in [7, 11) is 0. The second-order valence-electron chi connectivity index (χ2n) is 3.28. The van der Waals surface area contributed by atoms with Crippen molar-refractivity contribution in [1.82, 2.24) is 9.97 Å². The van der Waals surface area contributed by atoms with Crippen LogP contribution in [0, 0.1) is 5.82 Å². The van der Waals surface area contributed by atoms with Crippen LogP contribution in [0.3, 0.4) is 0 Å². The lowest BCUT2D eigenvalue weighted by atomic mass is 10.2. The summed E-state index contributed by atoms with van der Waals surface area (Å²) in [5.74, 6) is -0.654. The molecule has 1 heterocycles. The van der Waals surface area contributed by atoms with Crippen molar-refractivity contribution in [3.05, 3.63) is 48.2 Å². The van der Waals surface area contributed by atoms with Crippen LogP contribution in [0.25, 0.3) is 0 Å². The van der Waals surface area contributed by atoms with Gasteiger partial charge in [-0.2, -0.15) is 0 Å². The van der Waals surface area contributed by atoms with E-state index < -0.39 is 11.7 Å². The monoisotopic (exact) mass is 232 g/mol. The van der Waals surface area contributed by atoms with Crippen LogP contribution in [0.1, 0.15) is 10.4 Å². The molecule has 1 aromatic heterocycles. The molecule has 2 aromatic rings. The van der Waals surface area contributed by atoms with Crippen molar-refractivity contribution in [3.63, 3.8) is 0 Å². The Kier molecular flexibility index (Phi) is 2.95. The summed E-state index contributed by atoms with van der Waals surface area (Å²) in [6.45, 7) is 0. The maximum absolute atomic E-state index is 12.9. The Morgan fingerprint density at radius 2 is 2.18 bits per heavy atom. The zero-order valence-electron chi connectivity index (χ0n) is 8.72. The summed E-state index contributed by atoms with van der Waals surface area (Å²) >= 11 is 0. The smallest absolute Gasteiger partial charge is 0.256 e. The highest BCUT2D eigenvalue weighted by atomic mass is 19.1. The molecule has 86 valence electrons. The van der Waals surface area contributed by atoms with Gasteiger partial charge in [-0.25, -0.2) is 9.37 Å². The van der Waals surface area contributed by atoms with E-state index in [2.05, 4.69) is 15.3 Å². The number of nitrogens with two attached hydrogens (primary N) is 1. The average molecular weight is 232 g/mol. The maximum atomic E-state index is 12.9. The van der Waals surface area contributed by atoms with Gasteiger partial charge in [0.15, 0.2) is 5.82 Å². The molecule has 6 heteroatoms. The van der Waals surface area contributed by atoms with Crippen LogP contribution >= 0.6 is 0 Å². The molecule has 0 saturated heterocycles. The number of carbonyl (C=O) groups is 1. The van der Waals surface area contributed by atoms with Crippen LogP contribution < -0.4 is 11.1 Å². The minimum absolute atomic E-state index is 0.0724. The Hall–Kier alpha value is -2.50. The largest absolute Gasteiger partial charge is 0.396 e. The van der Waals surface area contributed by atoms with E-state index >= 15 is 0 Å². The van der Waals surface area contributed by atoms with E-state index in [0.717, 1.165) is 6.07 Å². The lowest BCUT2D eigenvalue weighted by molar-refractivity contribution is 0.102. The summed E-state index contributed by atoms with van der Waals surface area (Å²) in [4.78, 5) is 19.4. The predicted molar refractivity (Wildman–Crippen MR) is 60.8 cm³/mol. The van der Waals surface area contributed by atoms with Gasteiger partial charge in [0.05, 0.1) is 11.9 Å². The van der Waals surface area contributed by atoms with E-state index in [1.54, 1.807) is 0 Å². The Labute approximate surface area is 96.5 Å². The first kappa shape index (κ1) is 11.0. The molecule has 5 nitrogen and oxygen atoms in total. The van der Waals surface area contributed by atoms with Gasteiger partial charge >= 0.3 is 0 Å². The number of anilines is 2. The Morgan fingerprint density at radius 1 is 1.35 bits per heavy atom. The van der Waals surface area contributed by atoms with E-state index in [0.29, 0.717) is 5.82 Å². The fourth-order valence-electron chi connectivity index (χ4n) is 1.24. The third kappa shape index (κ3) is 2.54. The molecule has 3 N–H and O–H groups in total. The summed E-state index contributed by atoms with van der Waals surface area (Å²) in [6, 6.07) is 3.75. The van der Waals surface area contributed by atoms with E-state index in [1.165, 1.54) is 30.7 Å². The van der Waals surface area contributed by atoms with E-state index in [1.807, 2.05) is 0 Å². The highest BCUT2D eigenvalue weighted by Gasteiger charge is 2.08. The molecule has 0 radical (unpaired) electrons. The fraction of sp³-hybridized carbons (Fsp3) is 0. The first-order valence-electron chi connectivity index (χ1n) is 4.79. The van der Waals surface area contributed by atoms with Gasteiger partial charge in [0.25, 0.3) is 5.91 Å². The molecule has 1 aromatic carbocycles. The normalized spacial score (nSPS) is 9.94. The van der Waals surface area contributed by atoms with Gasteiger partial charge in [0.2, 0.25) is 0 Å². The summed E-state index contributed by atoms with van der Waals surface area (Å²) in [5.41, 5.74) is 5.56. The number of amides is 1. The molecule has 0 aliphatic rings. The highest BCUT2D eigenvalue weighted by molar-refractivity contribution is 6.04. The molecule has 2 rings (SSSR count). The van der Waals surface area contributed by atoms with E-state index in [-0.39, 0.29) is 11.3 Å². The SMILES string of the molecule is Nc1cc(C(=O)Nc2cnccn2)ccc1F. The molecule has 0 saturated carbocycles. The second kappa shape index (κ2) is 4.56. The number of nitrogen functional groups attached to an aromatic ring is 1. The zero-order chi connectivity index (χ0) is 12.3. The third-order valence-electron chi connectivity index (χ3n) is 2.06. The van der Waals surface area contributed by atoms with Crippen LogP contribution in [-0.4, -0.2) is 15.9 Å². The standard InChI is InChI=1S/C11H9FN4O/c12-8-2-1-7(5-9(8)13)11(17)16-10-6-14-3-4-15-10/h1-6H,13H2,(H,15,16,17). The van der Waals surface area contributed by atoms with Gasteiger partial charge in [-0.05, 0) is 18.2 Å². The van der Waals surface area contributed by atoms with Crippen molar-refractivity contribution in [2.24, 2.45) is 0 Å². The van der Waals surface area contributed by atoms with Crippen LogP contribution in [0.15, 0.2) is 36.8 Å². The number of nitrogens with zero attached hydrogens (tertiary/aromatic N) is 2. The van der Waals surface area contributed by atoms with Gasteiger partial charge < -0.3 is 11.1 Å². The lowest BCUT2D eigenvalue weighted by Gasteiger charge is -2.04. The molecule has 0 unspecified atom stereocenters. The molecule has 1 amide bonds. The predicted octanol–water partition coefficient (Wildman–Crippen LogP) is 1.45. The number of carbonyl (C=O) groups excluding carboxylic acids is 1. The van der Waals surface area contributed by atoms with Crippen molar-refractivity contribution in [1.29, 1.82) is 0 Å². The minimum Gasteiger partial charge on any atom is -0.396 e. The average Bonchev–Trinajstić information content (AvgIpc) is 2.34. The summed E-state index contributed by atoms with van der Waals surface area (Å²) in [6.07, 6.45) is 4.35. The fourth-order valence-corrected chi connectivity index (χ4v) is 1.24. The highest BCUT2D eigenvalue weighted by Crippen LogP contribution is 2.13. The number of halogens is 1. The molecular formula is C11H9FN4O. The molecule has 0 bridgehead atoms. The number of benzene rings is 1. The molecule has 0 aliphatic heterocycles. The topological polar surface area (TPSA) is 80.9 Å². The number of hydrogen-bond acceptors (Lipinski definition) is 4. The van der Waals surface area contributed by atoms with E-state index in [4.69, 9.17) is 5.73 Å². The second-order valence-corrected chi connectivity index (χ2v) is 3.28. The zero-order valence-corrected chi connectivity index (χ0v) is 8.72. The Balaban J connectivity index is 2.18. The van der Waals surface area contributed by atoms with Gasteiger partial charge in [-0.15, -0.1) is 0 Å². The van der Waals surface area contributed by atoms with Crippen LogP contribution in [0.2, 0.25) is 0 Å². The number of hydrogen-bond donors (Lipinski definition) is 2. The number of rotatable bonds is 2. The lowest BCUT2D eigenvalue weighted by Crippen LogP contribution is -2.13. The van der Waals surface area contributed by atoms with Crippen molar-refractivity contribution in [3.8, 4) is 0 Å².